The zero-order chi connectivity index (χ0) is 12.3. The third-order valence-corrected chi connectivity index (χ3v) is 3.06. The predicted octanol–water partition coefficient (Wildman–Crippen LogP) is 0.257. The van der Waals surface area contributed by atoms with E-state index in [0.29, 0.717) is 5.82 Å². The number of hydrogen-bond acceptors (Lipinski definition) is 5. The first-order valence-corrected chi connectivity index (χ1v) is 5.81. The lowest BCUT2D eigenvalue weighted by Gasteiger charge is -2.29. The number of carbonyl (C=O) groups excluding carboxylic acids is 1. The summed E-state index contributed by atoms with van der Waals surface area (Å²) in [5.41, 5.74) is 11.3. The SMILES string of the molecule is NC(=O)c1cnc(N[C@@H]2CCCC[C@@H]2N)cn1. The molecule has 0 spiro atoms. The molecule has 2 rings (SSSR count). The Labute approximate surface area is 99.8 Å². The standard InChI is InChI=1S/C11H17N5O/c12-7-3-1-2-4-8(7)16-10-6-14-9(5-15-10)11(13)17/h5-8H,1-4,12H2,(H2,13,17)(H,15,16)/t7-,8+/m0/s1. The third-order valence-electron chi connectivity index (χ3n) is 3.06. The Kier molecular flexibility index (Phi) is 3.53. The number of primary amides is 1. The van der Waals surface area contributed by atoms with Gasteiger partial charge in [-0.05, 0) is 12.8 Å². The Morgan fingerprint density at radius 1 is 1.29 bits per heavy atom. The summed E-state index contributed by atoms with van der Waals surface area (Å²) in [5, 5.41) is 3.25. The van der Waals surface area contributed by atoms with Crippen LogP contribution in [0.2, 0.25) is 0 Å². The molecule has 1 heterocycles. The second kappa shape index (κ2) is 5.09. The van der Waals surface area contributed by atoms with Crippen molar-refractivity contribution in [2.75, 3.05) is 5.32 Å². The highest BCUT2D eigenvalue weighted by atomic mass is 16.1. The summed E-state index contributed by atoms with van der Waals surface area (Å²) >= 11 is 0. The molecule has 1 saturated carbocycles. The largest absolute Gasteiger partial charge is 0.365 e. The van der Waals surface area contributed by atoms with Crippen LogP contribution >= 0.6 is 0 Å². The van der Waals surface area contributed by atoms with Crippen LogP contribution in [-0.2, 0) is 0 Å². The molecule has 92 valence electrons. The summed E-state index contributed by atoms with van der Waals surface area (Å²) in [6.45, 7) is 0. The molecule has 1 aliphatic carbocycles. The average Bonchev–Trinajstić information content (AvgIpc) is 2.33. The molecule has 1 amide bonds. The monoisotopic (exact) mass is 235 g/mol. The number of nitrogens with two attached hydrogens (primary N) is 2. The van der Waals surface area contributed by atoms with Gasteiger partial charge in [0, 0.05) is 12.1 Å². The first-order chi connectivity index (χ1) is 8.16. The second-order valence-electron chi connectivity index (χ2n) is 4.35. The van der Waals surface area contributed by atoms with Crippen molar-refractivity contribution in [3.63, 3.8) is 0 Å². The number of carbonyl (C=O) groups is 1. The molecule has 2 atom stereocenters. The van der Waals surface area contributed by atoms with Crippen molar-refractivity contribution in [3.8, 4) is 0 Å². The van der Waals surface area contributed by atoms with Crippen LogP contribution in [-0.4, -0.2) is 28.0 Å². The lowest BCUT2D eigenvalue weighted by Crippen LogP contribution is -2.42. The fourth-order valence-corrected chi connectivity index (χ4v) is 2.06. The van der Waals surface area contributed by atoms with Gasteiger partial charge in [0.2, 0.25) is 0 Å². The van der Waals surface area contributed by atoms with Gasteiger partial charge < -0.3 is 16.8 Å². The van der Waals surface area contributed by atoms with Gasteiger partial charge in [0.1, 0.15) is 11.5 Å². The van der Waals surface area contributed by atoms with E-state index in [2.05, 4.69) is 15.3 Å². The van der Waals surface area contributed by atoms with E-state index in [4.69, 9.17) is 11.5 Å². The van der Waals surface area contributed by atoms with Gasteiger partial charge in [-0.25, -0.2) is 9.97 Å². The molecular formula is C11H17N5O. The fraction of sp³-hybridized carbons (Fsp3) is 0.545. The Balaban J connectivity index is 2.00. The van der Waals surface area contributed by atoms with Gasteiger partial charge in [-0.15, -0.1) is 0 Å². The molecule has 17 heavy (non-hydrogen) atoms. The lowest BCUT2D eigenvalue weighted by molar-refractivity contribution is 0.0995. The van der Waals surface area contributed by atoms with Crippen LogP contribution in [0.4, 0.5) is 5.82 Å². The van der Waals surface area contributed by atoms with Crippen molar-refractivity contribution in [1.29, 1.82) is 0 Å². The number of hydrogen-bond donors (Lipinski definition) is 3. The van der Waals surface area contributed by atoms with Crippen molar-refractivity contribution in [1.82, 2.24) is 9.97 Å². The number of amides is 1. The van der Waals surface area contributed by atoms with Gasteiger partial charge in [-0.3, -0.25) is 4.79 Å². The highest BCUT2D eigenvalue weighted by Gasteiger charge is 2.21. The van der Waals surface area contributed by atoms with E-state index in [0.717, 1.165) is 12.8 Å². The van der Waals surface area contributed by atoms with Gasteiger partial charge in [-0.1, -0.05) is 12.8 Å². The van der Waals surface area contributed by atoms with Crippen LogP contribution in [0.1, 0.15) is 36.2 Å². The van der Waals surface area contributed by atoms with E-state index in [1.54, 1.807) is 0 Å². The van der Waals surface area contributed by atoms with Gasteiger partial charge in [-0.2, -0.15) is 0 Å². The van der Waals surface area contributed by atoms with Gasteiger partial charge in [0.15, 0.2) is 0 Å². The van der Waals surface area contributed by atoms with E-state index in [1.165, 1.54) is 25.2 Å². The molecule has 1 aromatic rings. The second-order valence-corrected chi connectivity index (χ2v) is 4.35. The van der Waals surface area contributed by atoms with Crippen molar-refractivity contribution in [3.05, 3.63) is 18.1 Å². The Morgan fingerprint density at radius 2 is 2.06 bits per heavy atom. The van der Waals surface area contributed by atoms with Crippen LogP contribution < -0.4 is 16.8 Å². The minimum Gasteiger partial charge on any atom is -0.365 e. The van der Waals surface area contributed by atoms with Crippen LogP contribution in [0, 0.1) is 0 Å². The first-order valence-electron chi connectivity index (χ1n) is 5.81. The molecule has 6 heteroatoms. The van der Waals surface area contributed by atoms with E-state index in [9.17, 15) is 4.79 Å². The van der Waals surface area contributed by atoms with Crippen LogP contribution in [0.3, 0.4) is 0 Å². The summed E-state index contributed by atoms with van der Waals surface area (Å²) in [7, 11) is 0. The summed E-state index contributed by atoms with van der Waals surface area (Å²) < 4.78 is 0. The molecule has 0 bridgehead atoms. The maximum Gasteiger partial charge on any atom is 0.268 e. The van der Waals surface area contributed by atoms with Crippen LogP contribution in [0.15, 0.2) is 12.4 Å². The van der Waals surface area contributed by atoms with Gasteiger partial charge >= 0.3 is 0 Å². The van der Waals surface area contributed by atoms with Crippen LogP contribution in [0.5, 0.6) is 0 Å². The summed E-state index contributed by atoms with van der Waals surface area (Å²) in [4.78, 5) is 18.9. The minimum atomic E-state index is -0.571. The van der Waals surface area contributed by atoms with E-state index >= 15 is 0 Å². The number of rotatable bonds is 3. The molecule has 0 aromatic carbocycles. The van der Waals surface area contributed by atoms with Gasteiger partial charge in [0.05, 0.1) is 12.4 Å². The van der Waals surface area contributed by atoms with Crippen molar-refractivity contribution >= 4 is 11.7 Å². The third kappa shape index (κ3) is 2.91. The molecule has 5 N–H and O–H groups in total. The average molecular weight is 235 g/mol. The molecular weight excluding hydrogens is 218 g/mol. The molecule has 0 radical (unpaired) electrons. The number of nitrogens with one attached hydrogen (secondary N) is 1. The lowest BCUT2D eigenvalue weighted by atomic mass is 9.91. The van der Waals surface area contributed by atoms with Crippen molar-refractivity contribution < 1.29 is 4.79 Å². The zero-order valence-electron chi connectivity index (χ0n) is 9.60. The minimum absolute atomic E-state index is 0.154. The quantitative estimate of drug-likeness (QED) is 0.696. The van der Waals surface area contributed by atoms with Crippen LogP contribution in [0.25, 0.3) is 0 Å². The van der Waals surface area contributed by atoms with Crippen molar-refractivity contribution in [2.24, 2.45) is 11.5 Å². The summed E-state index contributed by atoms with van der Waals surface area (Å²) in [5.74, 6) is 0.0655. The van der Waals surface area contributed by atoms with E-state index in [1.807, 2.05) is 0 Å². The number of aromatic nitrogens is 2. The maximum atomic E-state index is 10.8. The fourth-order valence-electron chi connectivity index (χ4n) is 2.06. The topological polar surface area (TPSA) is 107 Å². The molecule has 1 aromatic heterocycles. The molecule has 1 aliphatic rings. The number of nitrogens with zero attached hydrogens (tertiary/aromatic N) is 2. The highest BCUT2D eigenvalue weighted by Crippen LogP contribution is 2.19. The summed E-state index contributed by atoms with van der Waals surface area (Å²) in [6, 6.07) is 0.388. The normalized spacial score (nSPS) is 24.3. The van der Waals surface area contributed by atoms with Gasteiger partial charge in [0.25, 0.3) is 5.91 Å². The Hall–Kier alpha value is -1.69. The molecule has 6 nitrogen and oxygen atoms in total. The number of anilines is 1. The van der Waals surface area contributed by atoms with Crippen molar-refractivity contribution in [2.45, 2.75) is 37.8 Å². The molecule has 1 fully saturated rings. The zero-order valence-corrected chi connectivity index (χ0v) is 9.60. The molecule has 0 aliphatic heterocycles. The molecule has 0 saturated heterocycles. The molecule has 0 unspecified atom stereocenters. The smallest absolute Gasteiger partial charge is 0.268 e. The summed E-state index contributed by atoms with van der Waals surface area (Å²) in [6.07, 6.45) is 7.33. The Morgan fingerprint density at radius 3 is 2.65 bits per heavy atom. The maximum absolute atomic E-state index is 10.8. The Bertz CT molecular complexity index is 391. The van der Waals surface area contributed by atoms with E-state index in [-0.39, 0.29) is 17.8 Å². The highest BCUT2D eigenvalue weighted by molar-refractivity contribution is 5.90. The first kappa shape index (κ1) is 11.8. The predicted molar refractivity (Wildman–Crippen MR) is 64.4 cm³/mol. The van der Waals surface area contributed by atoms with E-state index < -0.39 is 5.91 Å².